The Balaban J connectivity index is 3.12. The second kappa shape index (κ2) is 36.3. The van der Waals surface area contributed by atoms with Crippen LogP contribution in [-0.2, 0) is 52.7 Å². The van der Waals surface area contributed by atoms with Crippen molar-refractivity contribution in [1.29, 1.82) is 0 Å². The number of carbonyl (C=O) groups is 11. The third-order valence-electron chi connectivity index (χ3n) is 14.7. The highest BCUT2D eigenvalue weighted by Crippen LogP contribution is 2.25. The first-order chi connectivity index (χ1) is 41.7. The van der Waals surface area contributed by atoms with Crippen LogP contribution in [-0.4, -0.2) is 190 Å². The first-order valence-electron chi connectivity index (χ1n) is 30.5. The summed E-state index contributed by atoms with van der Waals surface area (Å²) >= 11 is 0. The maximum atomic E-state index is 15.5. The molecule has 0 aliphatic carbocycles. The SMILES string of the molecule is CC[C@H](C)[C@@H]1NC(=O)[C@@H](CCCN=C(N)N)NC(=O)[C@H](CC(C)C)NC(=O)[C@H]([C@H](O)C(C)C)NC(=O)[C@@H](NC(=O)[C@H](CC(C)(C)C)NC(=O)[C@H](N)CC(C)(C)C)[C@@H](c2ccccc2)NC(=O)[C@H](CO)NC(=O)[C@H]([C@H](C)O)NC(=O)CNC(=O)[C@H]([C@H](C)O)NC1=O. The number of rotatable bonds is 20. The minimum absolute atomic E-state index is 0.0241. The van der Waals surface area contributed by atoms with Crippen LogP contribution in [0.2, 0.25) is 0 Å². The van der Waals surface area contributed by atoms with Gasteiger partial charge in [0, 0.05) is 6.54 Å². The van der Waals surface area contributed by atoms with Gasteiger partial charge in [-0.05, 0) is 80.1 Å². The van der Waals surface area contributed by atoms with Gasteiger partial charge in [0.15, 0.2) is 5.96 Å². The molecule has 1 saturated heterocycles. The van der Waals surface area contributed by atoms with Crippen molar-refractivity contribution in [3.63, 3.8) is 0 Å². The lowest BCUT2D eigenvalue weighted by atomic mass is 9.86. The Kier molecular flexibility index (Phi) is 31.7. The van der Waals surface area contributed by atoms with Crippen LogP contribution in [0, 0.1) is 28.6 Å². The minimum Gasteiger partial charge on any atom is -0.394 e. The fourth-order valence-corrected chi connectivity index (χ4v) is 9.59. The highest BCUT2D eigenvalue weighted by molar-refractivity contribution is 6.00. The highest BCUT2D eigenvalue weighted by Gasteiger charge is 2.43. The molecule has 30 heteroatoms. The van der Waals surface area contributed by atoms with Gasteiger partial charge in [0.25, 0.3) is 0 Å². The van der Waals surface area contributed by atoms with E-state index in [4.69, 9.17) is 17.2 Å². The van der Waals surface area contributed by atoms with Crippen molar-refractivity contribution in [2.24, 2.45) is 50.8 Å². The number of amides is 11. The topological polar surface area (TPSA) is 491 Å². The Morgan fingerprint density at radius 3 is 1.64 bits per heavy atom. The summed E-state index contributed by atoms with van der Waals surface area (Å²) < 4.78 is 0. The lowest BCUT2D eigenvalue weighted by molar-refractivity contribution is -0.139. The number of aliphatic imine (C=N–C) groups is 1. The van der Waals surface area contributed by atoms with Gasteiger partial charge >= 0.3 is 0 Å². The molecule has 2 rings (SSSR count). The second-order valence-corrected chi connectivity index (χ2v) is 26.3. The van der Waals surface area contributed by atoms with E-state index in [1.54, 1.807) is 54.5 Å². The van der Waals surface area contributed by atoms with Gasteiger partial charge in [0.2, 0.25) is 65.0 Å². The first-order valence-corrected chi connectivity index (χ1v) is 30.5. The minimum atomic E-state index is -2.04. The standard InChI is InChI=1S/C60H103N15O15/c1-15-31(6)41-54(87)72-42(32(7)77)53(86)65-27-40(79)70-43(33(8)78)55(88)69-39(28-76)52(85)73-44(34-20-17-16-18-21-34)45(74-51(84)38(26-60(12,13)14)68-48(81)35(61)25-59(9,10)11)56(89)75-46(47(80)30(4)5)57(90)67-37(24-29(2)3)50(83)66-36(49(82)71-41)22-19-23-64-58(62)63/h16-18,20-21,29-33,35-39,41-47,76-78,80H,15,19,22-28,61H2,1-14H3,(H,65,86)(H,66,83)(H,67,90)(H,68,81)(H,69,88)(H,70,79)(H,71,82)(H,72,87)(H,73,85)(H,74,84)(H,75,89)(H4,62,63,64)/t31-,32-,33-,35+,36+,37-,38-,39-,41-,42-,43-,44+,45-,46-,47+/m0/s1. The summed E-state index contributed by atoms with van der Waals surface area (Å²) in [4.78, 5) is 162. The molecule has 1 aromatic rings. The molecule has 0 saturated carbocycles. The third kappa shape index (κ3) is 26.5. The molecule has 11 amide bonds. The van der Waals surface area contributed by atoms with Gasteiger partial charge in [-0.25, -0.2) is 0 Å². The molecule has 0 unspecified atom stereocenters. The summed E-state index contributed by atoms with van der Waals surface area (Å²) in [7, 11) is 0. The molecule has 90 heavy (non-hydrogen) atoms. The second-order valence-electron chi connectivity index (χ2n) is 26.3. The monoisotopic (exact) mass is 1270 g/mol. The molecule has 21 N–H and O–H groups in total. The van der Waals surface area contributed by atoms with Gasteiger partial charge in [-0.15, -0.1) is 0 Å². The van der Waals surface area contributed by atoms with Gasteiger partial charge in [-0.1, -0.05) is 120 Å². The quantitative estimate of drug-likeness (QED) is 0.0341. The molecule has 0 radical (unpaired) electrons. The number of carbonyl (C=O) groups excluding carboxylic acids is 11. The Morgan fingerprint density at radius 2 is 1.12 bits per heavy atom. The number of nitrogens with zero attached hydrogens (tertiary/aromatic N) is 1. The molecule has 1 aliphatic rings. The van der Waals surface area contributed by atoms with Crippen molar-refractivity contribution in [3.8, 4) is 0 Å². The number of hydrogen-bond donors (Lipinski definition) is 18. The summed E-state index contributed by atoms with van der Waals surface area (Å²) in [5.74, 6) is -13.7. The summed E-state index contributed by atoms with van der Waals surface area (Å²) in [6.45, 7) is 20.9. The van der Waals surface area contributed by atoms with Gasteiger partial charge in [0.05, 0.1) is 43.5 Å². The summed E-state index contributed by atoms with van der Waals surface area (Å²) in [5, 5.41) is 71.8. The van der Waals surface area contributed by atoms with Crippen LogP contribution in [0.4, 0.5) is 0 Å². The number of benzene rings is 1. The molecule has 15 atom stereocenters. The molecule has 1 fully saturated rings. The third-order valence-corrected chi connectivity index (χ3v) is 14.7. The van der Waals surface area contributed by atoms with E-state index >= 15 is 4.79 Å². The van der Waals surface area contributed by atoms with Crippen LogP contribution in [0.1, 0.15) is 147 Å². The van der Waals surface area contributed by atoms with Gasteiger partial charge in [-0.2, -0.15) is 0 Å². The molecule has 1 heterocycles. The van der Waals surface area contributed by atoms with Crippen molar-refractivity contribution < 1.29 is 73.2 Å². The number of aliphatic hydroxyl groups is 4. The Labute approximate surface area is 527 Å². The van der Waals surface area contributed by atoms with Crippen molar-refractivity contribution >= 4 is 70.9 Å². The van der Waals surface area contributed by atoms with Crippen LogP contribution in [0.15, 0.2) is 35.3 Å². The smallest absolute Gasteiger partial charge is 0.245 e. The molecular weight excluding hydrogens is 1170 g/mol. The fraction of sp³-hybridized carbons (Fsp3) is 0.700. The van der Waals surface area contributed by atoms with E-state index < -0.39 is 186 Å². The predicted molar refractivity (Wildman–Crippen MR) is 334 cm³/mol. The molecule has 0 bridgehead atoms. The first kappa shape index (κ1) is 78.6. The zero-order chi connectivity index (χ0) is 68.7. The predicted octanol–water partition coefficient (Wildman–Crippen LogP) is -3.55. The van der Waals surface area contributed by atoms with Crippen LogP contribution in [0.25, 0.3) is 0 Å². The molecule has 0 aromatic heterocycles. The summed E-state index contributed by atoms with van der Waals surface area (Å²) in [5.41, 5.74) is 16.5. The number of guanidine groups is 1. The number of aliphatic hydroxyl groups excluding tert-OH is 4. The Hall–Kier alpha value is -7.54. The lowest BCUT2D eigenvalue weighted by Crippen LogP contribution is -2.65. The van der Waals surface area contributed by atoms with Crippen LogP contribution in [0.5, 0.6) is 0 Å². The molecule has 1 aromatic carbocycles. The van der Waals surface area contributed by atoms with Crippen molar-refractivity contribution in [1.82, 2.24) is 58.5 Å². The zero-order valence-corrected chi connectivity index (χ0v) is 54.5. The molecule has 1 aliphatic heterocycles. The van der Waals surface area contributed by atoms with Crippen molar-refractivity contribution in [3.05, 3.63) is 35.9 Å². The average molecular weight is 1270 g/mol. The van der Waals surface area contributed by atoms with Crippen molar-refractivity contribution in [2.75, 3.05) is 19.7 Å². The Morgan fingerprint density at radius 1 is 0.622 bits per heavy atom. The maximum absolute atomic E-state index is 15.5. The van der Waals surface area contributed by atoms with E-state index in [-0.39, 0.29) is 62.5 Å². The molecular formula is C60H103N15O15. The molecule has 0 spiro atoms. The van der Waals surface area contributed by atoms with E-state index in [9.17, 15) is 68.4 Å². The van der Waals surface area contributed by atoms with E-state index in [0.717, 1.165) is 13.8 Å². The number of nitrogens with two attached hydrogens (primary N) is 3. The summed E-state index contributed by atoms with van der Waals surface area (Å²) in [6, 6.07) is -10.8. The van der Waals surface area contributed by atoms with E-state index in [1.807, 2.05) is 20.8 Å². The maximum Gasteiger partial charge on any atom is 0.245 e. The normalized spacial score (nSPS) is 25.0. The van der Waals surface area contributed by atoms with Gasteiger partial charge in [-0.3, -0.25) is 57.7 Å². The summed E-state index contributed by atoms with van der Waals surface area (Å²) in [6.07, 6.45) is -4.89. The number of nitrogens with one attached hydrogen (secondary N) is 11. The van der Waals surface area contributed by atoms with Crippen LogP contribution in [0.3, 0.4) is 0 Å². The van der Waals surface area contributed by atoms with E-state index in [1.165, 1.54) is 38.1 Å². The number of hydrogen-bond acceptors (Lipinski definition) is 17. The zero-order valence-electron chi connectivity index (χ0n) is 54.5. The van der Waals surface area contributed by atoms with Crippen LogP contribution >= 0.6 is 0 Å². The molecule has 30 nitrogen and oxygen atoms in total. The lowest BCUT2D eigenvalue weighted by Gasteiger charge is -2.35. The van der Waals surface area contributed by atoms with Gasteiger partial charge < -0.3 is 96.1 Å². The van der Waals surface area contributed by atoms with Crippen LogP contribution < -0.4 is 75.7 Å². The van der Waals surface area contributed by atoms with E-state index in [0.29, 0.717) is 0 Å². The van der Waals surface area contributed by atoms with Gasteiger partial charge in [0.1, 0.15) is 54.4 Å². The Bertz CT molecular complexity index is 2620. The fourth-order valence-electron chi connectivity index (χ4n) is 9.59. The molecule has 508 valence electrons. The van der Waals surface area contributed by atoms with Crippen molar-refractivity contribution in [2.45, 2.75) is 220 Å². The van der Waals surface area contributed by atoms with E-state index in [2.05, 4.69) is 63.5 Å². The highest BCUT2D eigenvalue weighted by atomic mass is 16.3. The largest absolute Gasteiger partial charge is 0.394 e. The average Bonchev–Trinajstić information content (AvgIpc) is 0.859.